The number of halogens is 1. The van der Waals surface area contributed by atoms with Crippen LogP contribution in [0.25, 0.3) is 0 Å². The van der Waals surface area contributed by atoms with E-state index in [0.717, 1.165) is 10.6 Å². The van der Waals surface area contributed by atoms with E-state index in [9.17, 15) is 4.39 Å². The molecule has 0 heterocycles. The Morgan fingerprint density at radius 1 is 1.27 bits per heavy atom. The first kappa shape index (κ1) is 8.56. The maximum atomic E-state index is 12.4. The van der Waals surface area contributed by atoms with Crippen molar-refractivity contribution in [1.29, 1.82) is 0 Å². The molecule has 11 heavy (non-hydrogen) atoms. The molecule has 1 rings (SSSR count). The zero-order chi connectivity index (χ0) is 8.10. The summed E-state index contributed by atoms with van der Waals surface area (Å²) in [5.41, 5.74) is 5.31. The summed E-state index contributed by atoms with van der Waals surface area (Å²) in [5.74, 6) is 0.688. The Morgan fingerprint density at radius 2 is 1.91 bits per heavy atom. The largest absolute Gasteiger partial charge is 0.330 e. The van der Waals surface area contributed by atoms with Crippen LogP contribution >= 0.6 is 11.8 Å². The first-order chi connectivity index (χ1) is 5.33. The Morgan fingerprint density at radius 3 is 2.45 bits per heavy atom. The zero-order valence-corrected chi connectivity index (χ0v) is 6.90. The highest BCUT2D eigenvalue weighted by Gasteiger charge is 1.92. The van der Waals surface area contributed by atoms with Crippen LogP contribution in [0.1, 0.15) is 0 Å². The Hall–Kier alpha value is -0.540. The molecule has 0 unspecified atom stereocenters. The molecule has 0 aliphatic rings. The average Bonchev–Trinajstić information content (AvgIpc) is 2.04. The summed E-state index contributed by atoms with van der Waals surface area (Å²) in [5, 5.41) is 0. The van der Waals surface area contributed by atoms with Crippen molar-refractivity contribution in [1.82, 2.24) is 0 Å². The molecule has 0 amide bonds. The standard InChI is InChI=1S/C8H10FNS/c9-7-1-3-8(4-2-7)11-6-5-10/h1-4H,5-6,10H2. The van der Waals surface area contributed by atoms with Crippen molar-refractivity contribution in [2.45, 2.75) is 4.90 Å². The molecule has 1 aromatic carbocycles. The van der Waals surface area contributed by atoms with Crippen LogP contribution in [0.4, 0.5) is 4.39 Å². The number of nitrogens with two attached hydrogens (primary N) is 1. The minimum absolute atomic E-state index is 0.193. The summed E-state index contributed by atoms with van der Waals surface area (Å²) in [6.07, 6.45) is 0. The number of rotatable bonds is 3. The van der Waals surface area contributed by atoms with E-state index >= 15 is 0 Å². The van der Waals surface area contributed by atoms with Crippen molar-refractivity contribution < 1.29 is 4.39 Å². The average molecular weight is 171 g/mol. The second kappa shape index (κ2) is 4.36. The van der Waals surface area contributed by atoms with E-state index in [1.54, 1.807) is 23.9 Å². The minimum atomic E-state index is -0.193. The molecule has 1 aromatic rings. The molecule has 60 valence electrons. The highest BCUT2D eigenvalue weighted by Crippen LogP contribution is 2.16. The van der Waals surface area contributed by atoms with Gasteiger partial charge in [-0.1, -0.05) is 0 Å². The maximum absolute atomic E-state index is 12.4. The summed E-state index contributed by atoms with van der Waals surface area (Å²) in [4.78, 5) is 1.07. The third kappa shape index (κ3) is 2.91. The second-order valence-electron chi connectivity index (χ2n) is 2.09. The quantitative estimate of drug-likeness (QED) is 0.703. The molecule has 0 saturated carbocycles. The molecule has 0 aromatic heterocycles. The van der Waals surface area contributed by atoms with Gasteiger partial charge in [0.2, 0.25) is 0 Å². The predicted molar refractivity (Wildman–Crippen MR) is 46.2 cm³/mol. The zero-order valence-electron chi connectivity index (χ0n) is 6.09. The van der Waals surface area contributed by atoms with Gasteiger partial charge in [-0.25, -0.2) is 4.39 Å². The molecule has 0 atom stereocenters. The van der Waals surface area contributed by atoms with Crippen LogP contribution in [-0.2, 0) is 0 Å². The van der Waals surface area contributed by atoms with Crippen molar-refractivity contribution in [2.24, 2.45) is 5.73 Å². The minimum Gasteiger partial charge on any atom is -0.330 e. The lowest BCUT2D eigenvalue weighted by Gasteiger charge is -1.97. The molecule has 1 nitrogen and oxygen atoms in total. The van der Waals surface area contributed by atoms with Gasteiger partial charge in [-0.15, -0.1) is 11.8 Å². The predicted octanol–water partition coefficient (Wildman–Crippen LogP) is 1.88. The summed E-state index contributed by atoms with van der Waals surface area (Å²) >= 11 is 1.64. The van der Waals surface area contributed by atoms with Gasteiger partial charge in [0.05, 0.1) is 0 Å². The van der Waals surface area contributed by atoms with Crippen LogP contribution in [-0.4, -0.2) is 12.3 Å². The van der Waals surface area contributed by atoms with Gasteiger partial charge >= 0.3 is 0 Å². The lowest BCUT2D eigenvalue weighted by atomic mass is 10.4. The van der Waals surface area contributed by atoms with Gasteiger partial charge < -0.3 is 5.73 Å². The van der Waals surface area contributed by atoms with Crippen LogP contribution < -0.4 is 5.73 Å². The van der Waals surface area contributed by atoms with E-state index in [0.29, 0.717) is 6.54 Å². The third-order valence-corrected chi connectivity index (χ3v) is 2.25. The van der Waals surface area contributed by atoms with Crippen LogP contribution in [0.2, 0.25) is 0 Å². The van der Waals surface area contributed by atoms with Crippen LogP contribution in [0.5, 0.6) is 0 Å². The smallest absolute Gasteiger partial charge is 0.123 e. The number of benzene rings is 1. The summed E-state index contributed by atoms with van der Waals surface area (Å²) < 4.78 is 12.4. The van der Waals surface area contributed by atoms with E-state index in [1.807, 2.05) is 0 Å². The van der Waals surface area contributed by atoms with Gasteiger partial charge in [0, 0.05) is 17.2 Å². The highest BCUT2D eigenvalue weighted by atomic mass is 32.2. The monoisotopic (exact) mass is 171 g/mol. The summed E-state index contributed by atoms with van der Waals surface area (Å²) in [6.45, 7) is 0.655. The fourth-order valence-corrected chi connectivity index (χ4v) is 1.39. The van der Waals surface area contributed by atoms with Gasteiger partial charge in [-0.3, -0.25) is 0 Å². The number of hydrogen-bond acceptors (Lipinski definition) is 2. The first-order valence-corrected chi connectivity index (χ1v) is 4.40. The normalized spacial score (nSPS) is 10.0. The molecule has 0 aliphatic carbocycles. The molecule has 3 heteroatoms. The van der Waals surface area contributed by atoms with Crippen molar-refractivity contribution >= 4 is 11.8 Å². The van der Waals surface area contributed by atoms with E-state index in [-0.39, 0.29) is 5.82 Å². The SMILES string of the molecule is NCCSc1ccc(F)cc1. The van der Waals surface area contributed by atoms with Crippen LogP contribution in [0.15, 0.2) is 29.2 Å². The molecular weight excluding hydrogens is 161 g/mol. The number of thioether (sulfide) groups is 1. The molecule has 0 saturated heterocycles. The highest BCUT2D eigenvalue weighted by molar-refractivity contribution is 7.99. The molecule has 0 bridgehead atoms. The Bertz CT molecular complexity index is 210. The maximum Gasteiger partial charge on any atom is 0.123 e. The third-order valence-electron chi connectivity index (χ3n) is 1.20. The van der Waals surface area contributed by atoms with Crippen LogP contribution in [0.3, 0.4) is 0 Å². The lowest BCUT2D eigenvalue weighted by molar-refractivity contribution is 0.626. The summed E-state index contributed by atoms with van der Waals surface area (Å²) in [6, 6.07) is 6.43. The van der Waals surface area contributed by atoms with Gasteiger partial charge in [0.15, 0.2) is 0 Å². The van der Waals surface area contributed by atoms with E-state index in [2.05, 4.69) is 0 Å². The fourth-order valence-electron chi connectivity index (χ4n) is 0.708. The van der Waals surface area contributed by atoms with E-state index < -0.39 is 0 Å². The Kier molecular flexibility index (Phi) is 3.39. The number of hydrogen-bond donors (Lipinski definition) is 1. The molecule has 0 radical (unpaired) electrons. The van der Waals surface area contributed by atoms with Crippen molar-refractivity contribution in [2.75, 3.05) is 12.3 Å². The van der Waals surface area contributed by atoms with Crippen LogP contribution in [0, 0.1) is 5.82 Å². The van der Waals surface area contributed by atoms with Gasteiger partial charge in [0.25, 0.3) is 0 Å². The molecular formula is C8H10FNS. The molecule has 0 aliphatic heterocycles. The van der Waals surface area contributed by atoms with E-state index in [1.165, 1.54) is 12.1 Å². The Balaban J connectivity index is 2.52. The topological polar surface area (TPSA) is 26.0 Å². The second-order valence-corrected chi connectivity index (χ2v) is 3.26. The van der Waals surface area contributed by atoms with E-state index in [4.69, 9.17) is 5.73 Å². The van der Waals surface area contributed by atoms with Gasteiger partial charge in [-0.05, 0) is 24.3 Å². The van der Waals surface area contributed by atoms with Crippen molar-refractivity contribution in [3.8, 4) is 0 Å². The molecule has 0 spiro atoms. The van der Waals surface area contributed by atoms with Gasteiger partial charge in [-0.2, -0.15) is 0 Å². The van der Waals surface area contributed by atoms with Gasteiger partial charge in [0.1, 0.15) is 5.82 Å². The fraction of sp³-hybridized carbons (Fsp3) is 0.250. The molecule has 0 fully saturated rings. The lowest BCUT2D eigenvalue weighted by Crippen LogP contribution is -2.00. The summed E-state index contributed by atoms with van der Waals surface area (Å²) in [7, 11) is 0. The first-order valence-electron chi connectivity index (χ1n) is 3.41. The molecule has 2 N–H and O–H groups in total. The van der Waals surface area contributed by atoms with Crippen molar-refractivity contribution in [3.05, 3.63) is 30.1 Å². The van der Waals surface area contributed by atoms with Crippen molar-refractivity contribution in [3.63, 3.8) is 0 Å². The Labute approximate surface area is 69.8 Å².